The molecule has 0 atom stereocenters. The second-order valence-electron chi connectivity index (χ2n) is 8.68. The smallest absolute Gasteiger partial charge is 0.253 e. The molecule has 172 valence electrons. The summed E-state index contributed by atoms with van der Waals surface area (Å²) in [6, 6.07) is 10.2. The standard InChI is InChI=1S/C24H28F2N2O3S/c25-21-6-4-5-19(16-21)15-18-9-13-27(14-10-18)24(29)20-7-8-22(26)23(17-20)32(30,31)28-11-2-1-3-12-28/h4-8,16-18H,1-3,9-15H2. The van der Waals surface area contributed by atoms with Gasteiger partial charge in [0.2, 0.25) is 10.0 Å². The van der Waals surface area contributed by atoms with Gasteiger partial charge in [0.1, 0.15) is 16.5 Å². The second-order valence-corrected chi connectivity index (χ2v) is 10.6. The summed E-state index contributed by atoms with van der Waals surface area (Å²) >= 11 is 0. The Labute approximate surface area is 188 Å². The molecule has 1 amide bonds. The zero-order valence-corrected chi connectivity index (χ0v) is 18.8. The number of benzene rings is 2. The van der Waals surface area contributed by atoms with E-state index in [-0.39, 0.29) is 17.3 Å². The molecule has 2 aromatic carbocycles. The average Bonchev–Trinajstić information content (AvgIpc) is 2.80. The van der Waals surface area contributed by atoms with E-state index in [9.17, 15) is 22.0 Å². The summed E-state index contributed by atoms with van der Waals surface area (Å²) in [5.74, 6) is -1.02. The van der Waals surface area contributed by atoms with Gasteiger partial charge in [0.15, 0.2) is 0 Å². The topological polar surface area (TPSA) is 57.7 Å². The molecule has 2 aliphatic rings. The van der Waals surface area contributed by atoms with Gasteiger partial charge in [-0.2, -0.15) is 4.31 Å². The van der Waals surface area contributed by atoms with Crippen LogP contribution in [0.15, 0.2) is 47.4 Å². The maximum atomic E-state index is 14.5. The van der Waals surface area contributed by atoms with E-state index in [0.717, 1.165) is 50.2 Å². The van der Waals surface area contributed by atoms with E-state index in [2.05, 4.69) is 0 Å². The van der Waals surface area contributed by atoms with Gasteiger partial charge in [-0.3, -0.25) is 4.79 Å². The van der Waals surface area contributed by atoms with Crippen LogP contribution in [0.4, 0.5) is 8.78 Å². The van der Waals surface area contributed by atoms with Crippen molar-refractivity contribution in [3.05, 3.63) is 65.2 Å². The normalized spacial score (nSPS) is 18.6. The molecule has 2 fully saturated rings. The van der Waals surface area contributed by atoms with Crippen molar-refractivity contribution in [3.8, 4) is 0 Å². The zero-order chi connectivity index (χ0) is 22.7. The van der Waals surface area contributed by atoms with Gasteiger partial charge in [0.05, 0.1) is 0 Å². The number of hydrogen-bond acceptors (Lipinski definition) is 3. The SMILES string of the molecule is O=C(c1ccc(F)c(S(=O)(=O)N2CCCCC2)c1)N1CCC(Cc2cccc(F)c2)CC1. The third-order valence-corrected chi connectivity index (χ3v) is 8.34. The van der Waals surface area contributed by atoms with Crippen LogP contribution in [0.1, 0.15) is 48.0 Å². The number of likely N-dealkylation sites (tertiary alicyclic amines) is 1. The summed E-state index contributed by atoms with van der Waals surface area (Å²) in [4.78, 5) is 14.3. The van der Waals surface area contributed by atoms with E-state index in [1.54, 1.807) is 17.0 Å². The fourth-order valence-corrected chi connectivity index (χ4v) is 6.21. The molecule has 32 heavy (non-hydrogen) atoms. The van der Waals surface area contributed by atoms with Gasteiger partial charge in [0, 0.05) is 31.7 Å². The van der Waals surface area contributed by atoms with Crippen LogP contribution in [0.25, 0.3) is 0 Å². The van der Waals surface area contributed by atoms with Crippen LogP contribution < -0.4 is 0 Å². The lowest BCUT2D eigenvalue weighted by Crippen LogP contribution is -2.39. The van der Waals surface area contributed by atoms with E-state index in [1.165, 1.54) is 22.5 Å². The Morgan fingerprint density at radius 1 is 0.938 bits per heavy atom. The van der Waals surface area contributed by atoms with Crippen LogP contribution in [0.5, 0.6) is 0 Å². The Kier molecular flexibility index (Phi) is 6.90. The first-order valence-corrected chi connectivity index (χ1v) is 12.6. The third-order valence-electron chi connectivity index (χ3n) is 6.43. The molecule has 2 saturated heterocycles. The van der Waals surface area contributed by atoms with E-state index < -0.39 is 20.7 Å². The Morgan fingerprint density at radius 2 is 1.66 bits per heavy atom. The van der Waals surface area contributed by atoms with Crippen LogP contribution in [0.2, 0.25) is 0 Å². The van der Waals surface area contributed by atoms with Gasteiger partial charge in [-0.05, 0) is 73.9 Å². The lowest BCUT2D eigenvalue weighted by Gasteiger charge is -2.32. The van der Waals surface area contributed by atoms with Gasteiger partial charge < -0.3 is 4.90 Å². The summed E-state index contributed by atoms with van der Waals surface area (Å²) in [7, 11) is -3.97. The van der Waals surface area contributed by atoms with Crippen LogP contribution in [-0.2, 0) is 16.4 Å². The molecule has 0 bridgehead atoms. The van der Waals surface area contributed by atoms with E-state index in [0.29, 0.717) is 32.1 Å². The number of rotatable bonds is 5. The fourth-order valence-electron chi connectivity index (χ4n) is 4.60. The third kappa shape index (κ3) is 5.02. The summed E-state index contributed by atoms with van der Waals surface area (Å²) in [6.07, 6.45) is 4.79. The van der Waals surface area contributed by atoms with Crippen molar-refractivity contribution < 1.29 is 22.0 Å². The Morgan fingerprint density at radius 3 is 2.34 bits per heavy atom. The molecule has 2 aliphatic heterocycles. The maximum Gasteiger partial charge on any atom is 0.253 e. The van der Waals surface area contributed by atoms with Gasteiger partial charge in [-0.1, -0.05) is 18.6 Å². The minimum atomic E-state index is -3.97. The molecule has 0 aliphatic carbocycles. The van der Waals surface area contributed by atoms with Crippen molar-refractivity contribution in [2.24, 2.45) is 5.92 Å². The lowest BCUT2D eigenvalue weighted by molar-refractivity contribution is 0.0690. The van der Waals surface area contributed by atoms with E-state index >= 15 is 0 Å². The van der Waals surface area contributed by atoms with E-state index in [1.807, 2.05) is 6.07 Å². The number of nitrogens with zero attached hydrogens (tertiary/aromatic N) is 2. The number of carbonyl (C=O) groups is 1. The first kappa shape index (κ1) is 22.9. The highest BCUT2D eigenvalue weighted by Gasteiger charge is 2.30. The Bertz CT molecular complexity index is 1080. The summed E-state index contributed by atoms with van der Waals surface area (Å²) in [5.41, 5.74) is 1.13. The molecular formula is C24H28F2N2O3S. The first-order chi connectivity index (χ1) is 15.3. The van der Waals surface area contributed by atoms with Gasteiger partial charge >= 0.3 is 0 Å². The molecule has 0 unspecified atom stereocenters. The fraction of sp³-hybridized carbons (Fsp3) is 0.458. The molecule has 0 N–H and O–H groups in total. The summed E-state index contributed by atoms with van der Waals surface area (Å²) in [6.45, 7) is 1.81. The Hall–Kier alpha value is -2.32. The van der Waals surface area contributed by atoms with Crippen LogP contribution in [0, 0.1) is 17.6 Å². The summed E-state index contributed by atoms with van der Waals surface area (Å²) < 4.78 is 55.0. The molecule has 5 nitrogen and oxygen atoms in total. The highest BCUT2D eigenvalue weighted by Crippen LogP contribution is 2.26. The zero-order valence-electron chi connectivity index (χ0n) is 18.0. The minimum Gasteiger partial charge on any atom is -0.339 e. The van der Waals surface area contributed by atoms with Crippen molar-refractivity contribution >= 4 is 15.9 Å². The largest absolute Gasteiger partial charge is 0.339 e. The van der Waals surface area contributed by atoms with Crippen LogP contribution in [-0.4, -0.2) is 49.7 Å². The molecule has 0 aromatic heterocycles. The number of halogens is 2. The molecule has 2 aromatic rings. The molecule has 0 saturated carbocycles. The Balaban J connectivity index is 1.43. The monoisotopic (exact) mass is 462 g/mol. The van der Waals surface area contributed by atoms with Gasteiger partial charge in [-0.15, -0.1) is 0 Å². The predicted octanol–water partition coefficient (Wildman–Crippen LogP) is 4.23. The highest BCUT2D eigenvalue weighted by atomic mass is 32.2. The van der Waals surface area contributed by atoms with Crippen molar-refractivity contribution in [3.63, 3.8) is 0 Å². The van der Waals surface area contributed by atoms with E-state index in [4.69, 9.17) is 0 Å². The van der Waals surface area contributed by atoms with Gasteiger partial charge in [-0.25, -0.2) is 17.2 Å². The lowest BCUT2D eigenvalue weighted by atomic mass is 9.90. The molecule has 4 rings (SSSR count). The van der Waals surface area contributed by atoms with Crippen LogP contribution >= 0.6 is 0 Å². The van der Waals surface area contributed by atoms with Crippen LogP contribution in [0.3, 0.4) is 0 Å². The van der Waals surface area contributed by atoms with Crippen molar-refractivity contribution in [1.82, 2.24) is 9.21 Å². The van der Waals surface area contributed by atoms with Gasteiger partial charge in [0.25, 0.3) is 5.91 Å². The average molecular weight is 463 g/mol. The second kappa shape index (κ2) is 9.67. The minimum absolute atomic E-state index is 0.186. The molecule has 0 radical (unpaired) electrons. The molecule has 2 heterocycles. The molecular weight excluding hydrogens is 434 g/mol. The molecule has 8 heteroatoms. The maximum absolute atomic E-state index is 14.5. The molecule has 0 spiro atoms. The predicted molar refractivity (Wildman–Crippen MR) is 118 cm³/mol. The first-order valence-electron chi connectivity index (χ1n) is 11.2. The number of carbonyl (C=O) groups excluding carboxylic acids is 1. The van der Waals surface area contributed by atoms with Crippen molar-refractivity contribution in [2.45, 2.75) is 43.4 Å². The number of piperidine rings is 2. The van der Waals surface area contributed by atoms with Crippen molar-refractivity contribution in [2.75, 3.05) is 26.2 Å². The quantitative estimate of drug-likeness (QED) is 0.668. The number of sulfonamides is 1. The number of hydrogen-bond donors (Lipinski definition) is 0. The number of amides is 1. The van der Waals surface area contributed by atoms with Crippen molar-refractivity contribution in [1.29, 1.82) is 0 Å². The highest BCUT2D eigenvalue weighted by molar-refractivity contribution is 7.89. The summed E-state index contributed by atoms with van der Waals surface area (Å²) in [5, 5.41) is 0.